The molecule has 92 valence electrons. The SMILES string of the molecule is Cc1ccc(O)c(NC(=O)c2ccc(=O)[nH]c2)c1. The van der Waals surface area contributed by atoms with Gasteiger partial charge in [-0.25, -0.2) is 0 Å². The number of carbonyl (C=O) groups is 1. The number of amides is 1. The maximum Gasteiger partial charge on any atom is 0.257 e. The number of nitrogens with one attached hydrogen (secondary N) is 2. The lowest BCUT2D eigenvalue weighted by Gasteiger charge is -2.07. The normalized spacial score (nSPS) is 10.1. The summed E-state index contributed by atoms with van der Waals surface area (Å²) < 4.78 is 0. The van der Waals surface area contributed by atoms with Gasteiger partial charge < -0.3 is 15.4 Å². The van der Waals surface area contributed by atoms with E-state index in [4.69, 9.17) is 0 Å². The van der Waals surface area contributed by atoms with Crippen LogP contribution in [-0.4, -0.2) is 16.0 Å². The molecule has 1 amide bonds. The molecule has 18 heavy (non-hydrogen) atoms. The smallest absolute Gasteiger partial charge is 0.257 e. The molecule has 2 aromatic rings. The number of aromatic nitrogens is 1. The van der Waals surface area contributed by atoms with Crippen LogP contribution in [-0.2, 0) is 0 Å². The first-order valence-electron chi connectivity index (χ1n) is 5.36. The molecule has 0 saturated heterocycles. The molecule has 0 aliphatic rings. The van der Waals surface area contributed by atoms with Gasteiger partial charge in [-0.1, -0.05) is 6.07 Å². The minimum absolute atomic E-state index is 0.00150. The van der Waals surface area contributed by atoms with Crippen LogP contribution < -0.4 is 10.9 Å². The van der Waals surface area contributed by atoms with Crippen LogP contribution in [0.15, 0.2) is 41.3 Å². The van der Waals surface area contributed by atoms with Crippen LogP contribution >= 0.6 is 0 Å². The highest BCUT2D eigenvalue weighted by Crippen LogP contribution is 2.24. The van der Waals surface area contributed by atoms with Crippen LogP contribution in [0.1, 0.15) is 15.9 Å². The van der Waals surface area contributed by atoms with Gasteiger partial charge in [-0.15, -0.1) is 0 Å². The number of aryl methyl sites for hydroxylation is 1. The molecule has 0 aliphatic carbocycles. The number of carbonyl (C=O) groups excluding carboxylic acids is 1. The molecule has 0 bridgehead atoms. The highest BCUT2D eigenvalue weighted by Gasteiger charge is 2.08. The molecule has 0 atom stereocenters. The molecule has 2 rings (SSSR count). The quantitative estimate of drug-likeness (QED) is 0.702. The number of hydrogen-bond donors (Lipinski definition) is 3. The van der Waals surface area contributed by atoms with Gasteiger partial charge in [-0.2, -0.15) is 0 Å². The zero-order chi connectivity index (χ0) is 13.1. The second-order valence-corrected chi connectivity index (χ2v) is 3.92. The molecule has 0 unspecified atom stereocenters. The summed E-state index contributed by atoms with van der Waals surface area (Å²) in [4.78, 5) is 25.1. The minimum atomic E-state index is -0.396. The van der Waals surface area contributed by atoms with Crippen LogP contribution in [0.25, 0.3) is 0 Å². The largest absolute Gasteiger partial charge is 0.506 e. The summed E-state index contributed by atoms with van der Waals surface area (Å²) in [7, 11) is 0. The van der Waals surface area contributed by atoms with Gasteiger partial charge in [-0.05, 0) is 30.7 Å². The summed E-state index contributed by atoms with van der Waals surface area (Å²) in [5, 5.41) is 12.2. The maximum atomic E-state index is 11.8. The summed E-state index contributed by atoms with van der Waals surface area (Å²) >= 11 is 0. The van der Waals surface area contributed by atoms with E-state index in [0.717, 1.165) is 5.56 Å². The highest BCUT2D eigenvalue weighted by atomic mass is 16.3. The molecule has 3 N–H and O–H groups in total. The summed E-state index contributed by atoms with van der Waals surface area (Å²) in [6.45, 7) is 1.86. The van der Waals surface area contributed by atoms with Gasteiger partial charge in [-0.3, -0.25) is 9.59 Å². The molecule has 1 aromatic carbocycles. The van der Waals surface area contributed by atoms with Crippen molar-refractivity contribution in [3.05, 3.63) is 58.0 Å². The predicted molar refractivity (Wildman–Crippen MR) is 67.9 cm³/mol. The third kappa shape index (κ3) is 2.57. The highest BCUT2D eigenvalue weighted by molar-refractivity contribution is 6.04. The van der Waals surface area contributed by atoms with Crippen LogP contribution in [0.4, 0.5) is 5.69 Å². The Morgan fingerprint density at radius 2 is 2.06 bits per heavy atom. The second-order valence-electron chi connectivity index (χ2n) is 3.92. The zero-order valence-electron chi connectivity index (χ0n) is 9.73. The van der Waals surface area contributed by atoms with Crippen molar-refractivity contribution in [2.75, 3.05) is 5.32 Å². The van der Waals surface area contributed by atoms with E-state index in [0.29, 0.717) is 11.3 Å². The van der Waals surface area contributed by atoms with Gasteiger partial charge in [0.05, 0.1) is 11.3 Å². The monoisotopic (exact) mass is 244 g/mol. The average molecular weight is 244 g/mol. The number of hydrogen-bond acceptors (Lipinski definition) is 3. The summed E-state index contributed by atoms with van der Waals surface area (Å²) in [6, 6.07) is 7.60. The Morgan fingerprint density at radius 3 is 2.72 bits per heavy atom. The molecular formula is C13H12N2O3. The van der Waals surface area contributed by atoms with E-state index in [1.807, 2.05) is 6.92 Å². The predicted octanol–water partition coefficient (Wildman–Crippen LogP) is 1.64. The van der Waals surface area contributed by atoms with E-state index in [9.17, 15) is 14.7 Å². The molecular weight excluding hydrogens is 232 g/mol. The number of phenolic OH excluding ortho intramolecular Hbond substituents is 1. The first-order valence-corrected chi connectivity index (χ1v) is 5.36. The molecule has 0 spiro atoms. The summed E-state index contributed by atoms with van der Waals surface area (Å²) in [6.07, 6.45) is 1.32. The molecule has 5 nitrogen and oxygen atoms in total. The third-order valence-corrected chi connectivity index (χ3v) is 2.45. The molecule has 1 heterocycles. The number of phenols is 1. The van der Waals surface area contributed by atoms with Crippen LogP contribution in [0.5, 0.6) is 5.75 Å². The van der Waals surface area contributed by atoms with Crippen molar-refractivity contribution < 1.29 is 9.90 Å². The Balaban J connectivity index is 2.23. The van der Waals surface area contributed by atoms with Crippen molar-refractivity contribution in [3.63, 3.8) is 0 Å². The topological polar surface area (TPSA) is 82.2 Å². The van der Waals surface area contributed by atoms with Crippen LogP contribution in [0.3, 0.4) is 0 Å². The molecule has 5 heteroatoms. The number of rotatable bonds is 2. The summed E-state index contributed by atoms with van der Waals surface area (Å²) in [5.74, 6) is -0.398. The fourth-order valence-corrected chi connectivity index (χ4v) is 1.50. The van der Waals surface area contributed by atoms with Crippen molar-refractivity contribution in [2.45, 2.75) is 6.92 Å². The lowest BCUT2D eigenvalue weighted by molar-refractivity contribution is 0.102. The van der Waals surface area contributed by atoms with Crippen molar-refractivity contribution in [1.82, 2.24) is 4.98 Å². The lowest BCUT2D eigenvalue weighted by Crippen LogP contribution is -2.14. The fourth-order valence-electron chi connectivity index (χ4n) is 1.50. The molecule has 0 aliphatic heterocycles. The van der Waals surface area contributed by atoms with Gasteiger partial charge in [0.1, 0.15) is 5.75 Å². The van der Waals surface area contributed by atoms with Crippen molar-refractivity contribution >= 4 is 11.6 Å². The number of anilines is 1. The van der Waals surface area contributed by atoms with Gasteiger partial charge in [0, 0.05) is 12.3 Å². The number of aromatic amines is 1. The Kier molecular flexibility index (Phi) is 3.14. The molecule has 0 saturated carbocycles. The van der Waals surface area contributed by atoms with E-state index >= 15 is 0 Å². The number of pyridine rings is 1. The fraction of sp³-hybridized carbons (Fsp3) is 0.0769. The Morgan fingerprint density at radius 1 is 1.28 bits per heavy atom. The molecule has 1 aromatic heterocycles. The molecule has 0 radical (unpaired) electrons. The summed E-state index contributed by atoms with van der Waals surface area (Å²) in [5.41, 5.74) is 1.30. The average Bonchev–Trinajstić information content (AvgIpc) is 2.34. The van der Waals surface area contributed by atoms with E-state index in [1.165, 1.54) is 24.4 Å². The second kappa shape index (κ2) is 4.75. The minimum Gasteiger partial charge on any atom is -0.506 e. The van der Waals surface area contributed by atoms with E-state index < -0.39 is 5.91 Å². The van der Waals surface area contributed by atoms with E-state index in [1.54, 1.807) is 12.1 Å². The third-order valence-electron chi connectivity index (χ3n) is 2.45. The van der Waals surface area contributed by atoms with Gasteiger partial charge in [0.2, 0.25) is 5.56 Å². The Bertz CT molecular complexity index is 626. The van der Waals surface area contributed by atoms with Gasteiger partial charge in [0.25, 0.3) is 5.91 Å². The van der Waals surface area contributed by atoms with E-state index in [2.05, 4.69) is 10.3 Å². The van der Waals surface area contributed by atoms with E-state index in [-0.39, 0.29) is 11.3 Å². The lowest BCUT2D eigenvalue weighted by atomic mass is 10.2. The van der Waals surface area contributed by atoms with Crippen molar-refractivity contribution in [3.8, 4) is 5.75 Å². The Labute approximate surface area is 103 Å². The first-order chi connectivity index (χ1) is 8.56. The zero-order valence-corrected chi connectivity index (χ0v) is 9.73. The van der Waals surface area contributed by atoms with Crippen molar-refractivity contribution in [1.29, 1.82) is 0 Å². The first kappa shape index (κ1) is 11.9. The number of H-pyrrole nitrogens is 1. The maximum absolute atomic E-state index is 11.8. The standard InChI is InChI=1S/C13H12N2O3/c1-8-2-4-11(16)10(6-8)15-13(18)9-3-5-12(17)14-7-9/h2-7,16H,1H3,(H,14,17)(H,15,18). The van der Waals surface area contributed by atoms with Gasteiger partial charge in [0.15, 0.2) is 0 Å². The van der Waals surface area contributed by atoms with Crippen LogP contribution in [0.2, 0.25) is 0 Å². The number of benzene rings is 1. The number of aromatic hydroxyl groups is 1. The Hall–Kier alpha value is -2.56. The van der Waals surface area contributed by atoms with Gasteiger partial charge >= 0.3 is 0 Å². The molecule has 0 fully saturated rings. The van der Waals surface area contributed by atoms with Crippen molar-refractivity contribution in [2.24, 2.45) is 0 Å². The van der Waals surface area contributed by atoms with Crippen LogP contribution in [0, 0.1) is 6.92 Å².